The third kappa shape index (κ3) is 4.06. The molecule has 7 heteroatoms. The van der Waals surface area contributed by atoms with E-state index in [0.29, 0.717) is 11.3 Å². The van der Waals surface area contributed by atoms with Gasteiger partial charge in [-0.3, -0.25) is 4.57 Å². The molecule has 0 radical (unpaired) electrons. The molecule has 0 N–H and O–H groups in total. The van der Waals surface area contributed by atoms with Crippen molar-refractivity contribution < 1.29 is 8.78 Å². The first-order valence-corrected chi connectivity index (χ1v) is 12.0. The van der Waals surface area contributed by atoms with Crippen molar-refractivity contribution in [3.05, 3.63) is 101 Å². The second kappa shape index (κ2) is 8.71. The van der Waals surface area contributed by atoms with E-state index in [1.54, 1.807) is 55.3 Å². The third-order valence-corrected chi connectivity index (χ3v) is 7.30. The number of benzene rings is 2. The molecule has 4 nitrogen and oxygen atoms in total. The number of fused-ring (bicyclic) bond motifs is 1. The lowest BCUT2D eigenvalue weighted by atomic mass is 9.71. The Balaban J connectivity index is 1.66. The lowest BCUT2D eigenvalue weighted by molar-refractivity contribution is 0.441. The lowest BCUT2D eigenvalue weighted by Crippen LogP contribution is -2.31. The maximum Gasteiger partial charge on any atom is 0.173 e. The predicted octanol–water partition coefficient (Wildman–Crippen LogP) is 6.18. The van der Waals surface area contributed by atoms with Gasteiger partial charge in [0.15, 0.2) is 5.16 Å². The monoisotopic (exact) mass is 462 g/mol. The quantitative estimate of drug-likeness (QED) is 0.332. The molecule has 2 aromatic carbocycles. The van der Waals surface area contributed by atoms with Crippen LogP contribution in [0.25, 0.3) is 5.69 Å². The van der Waals surface area contributed by atoms with E-state index < -0.39 is 0 Å². The van der Waals surface area contributed by atoms with Crippen LogP contribution < -0.4 is 0 Å². The van der Waals surface area contributed by atoms with Crippen molar-refractivity contribution in [3.63, 3.8) is 0 Å². The first-order valence-electron chi connectivity index (χ1n) is 11.0. The third-order valence-electron chi connectivity index (χ3n) is 6.36. The maximum atomic E-state index is 14.1. The smallest absolute Gasteiger partial charge is 0.173 e. The standard InChI is InChI=1S/C26H24F2N4S/c1-17-15-18(6-11-21(17)28)26(2)12-3-5-22-24(26)32(20-9-7-19(27)8-10-20)25(31-22)33-16-23-29-13-4-14-30-23/h4,6-11,13-15H,3,5,12,16H2,1-2H3. The normalized spacial score (nSPS) is 17.7. The van der Waals surface area contributed by atoms with Crippen molar-refractivity contribution in [1.29, 1.82) is 0 Å². The Kier molecular flexibility index (Phi) is 5.74. The average molecular weight is 463 g/mol. The fourth-order valence-corrected chi connectivity index (χ4v) is 5.55. The van der Waals surface area contributed by atoms with Gasteiger partial charge in [0.1, 0.15) is 17.5 Å². The molecule has 1 unspecified atom stereocenters. The van der Waals surface area contributed by atoms with Crippen molar-refractivity contribution in [2.24, 2.45) is 0 Å². The molecule has 2 heterocycles. The highest BCUT2D eigenvalue weighted by Gasteiger charge is 2.39. The topological polar surface area (TPSA) is 43.6 Å². The summed E-state index contributed by atoms with van der Waals surface area (Å²) >= 11 is 1.57. The van der Waals surface area contributed by atoms with Gasteiger partial charge in [0.05, 0.1) is 17.1 Å². The molecular formula is C26H24F2N4S. The van der Waals surface area contributed by atoms with Gasteiger partial charge in [0, 0.05) is 23.5 Å². The zero-order valence-electron chi connectivity index (χ0n) is 18.6. The van der Waals surface area contributed by atoms with Crippen molar-refractivity contribution in [2.45, 2.75) is 49.4 Å². The number of hydrogen-bond donors (Lipinski definition) is 0. The number of halogens is 2. The SMILES string of the molecule is Cc1cc(C2(C)CCCc3nc(SCc4ncccn4)n(-c4ccc(F)cc4)c32)ccc1F. The number of hydrogen-bond acceptors (Lipinski definition) is 4. The summed E-state index contributed by atoms with van der Waals surface area (Å²) in [6, 6.07) is 13.7. The molecule has 0 bridgehead atoms. The van der Waals surface area contributed by atoms with E-state index in [1.165, 1.54) is 12.1 Å². The van der Waals surface area contributed by atoms with Gasteiger partial charge in [-0.25, -0.2) is 23.7 Å². The van der Waals surface area contributed by atoms with Gasteiger partial charge in [0.2, 0.25) is 0 Å². The molecule has 168 valence electrons. The number of rotatable bonds is 5. The fourth-order valence-electron chi connectivity index (χ4n) is 4.64. The summed E-state index contributed by atoms with van der Waals surface area (Å²) in [4.78, 5) is 13.7. The molecule has 4 aromatic rings. The molecule has 0 aliphatic heterocycles. The Morgan fingerprint density at radius 3 is 2.55 bits per heavy atom. The maximum absolute atomic E-state index is 14.1. The summed E-state index contributed by atoms with van der Waals surface area (Å²) in [6.07, 6.45) is 6.24. The highest BCUT2D eigenvalue weighted by Crippen LogP contribution is 2.45. The zero-order valence-corrected chi connectivity index (χ0v) is 19.4. The minimum absolute atomic E-state index is 0.204. The van der Waals surface area contributed by atoms with E-state index in [0.717, 1.165) is 52.9 Å². The summed E-state index contributed by atoms with van der Waals surface area (Å²) in [5, 5.41) is 0.825. The highest BCUT2D eigenvalue weighted by molar-refractivity contribution is 7.98. The Morgan fingerprint density at radius 1 is 1.06 bits per heavy atom. The molecule has 5 rings (SSSR count). The van der Waals surface area contributed by atoms with Gasteiger partial charge in [0.25, 0.3) is 0 Å². The molecule has 0 saturated carbocycles. The number of imidazole rings is 1. The second-order valence-corrected chi connectivity index (χ2v) is 9.55. The number of thioether (sulfide) groups is 1. The first-order chi connectivity index (χ1) is 16.0. The van der Waals surface area contributed by atoms with E-state index >= 15 is 0 Å². The molecule has 1 aliphatic rings. The lowest BCUT2D eigenvalue weighted by Gasteiger charge is -2.36. The van der Waals surface area contributed by atoms with Crippen molar-refractivity contribution in [3.8, 4) is 5.69 Å². The molecule has 33 heavy (non-hydrogen) atoms. The molecule has 1 aliphatic carbocycles. The van der Waals surface area contributed by atoms with Crippen LogP contribution in [0.15, 0.2) is 66.1 Å². The highest BCUT2D eigenvalue weighted by atomic mass is 32.2. The van der Waals surface area contributed by atoms with Crippen LogP contribution in [0.5, 0.6) is 0 Å². The summed E-state index contributed by atoms with van der Waals surface area (Å²) in [5.41, 5.74) is 4.32. The number of aromatic nitrogens is 4. The summed E-state index contributed by atoms with van der Waals surface area (Å²) in [6.45, 7) is 4.00. The second-order valence-electron chi connectivity index (χ2n) is 8.60. The summed E-state index contributed by atoms with van der Waals surface area (Å²) in [5.74, 6) is 0.816. The van der Waals surface area contributed by atoms with Crippen LogP contribution in [0, 0.1) is 18.6 Å². The summed E-state index contributed by atoms with van der Waals surface area (Å²) < 4.78 is 30.0. The van der Waals surface area contributed by atoms with E-state index in [4.69, 9.17) is 4.98 Å². The molecule has 1 atom stereocenters. The molecular weight excluding hydrogens is 438 g/mol. The fraction of sp³-hybridized carbons (Fsp3) is 0.269. The van der Waals surface area contributed by atoms with Crippen LogP contribution in [-0.2, 0) is 17.6 Å². The average Bonchev–Trinajstić information content (AvgIpc) is 3.21. The number of nitrogens with zero attached hydrogens (tertiary/aromatic N) is 4. The van der Waals surface area contributed by atoms with Crippen LogP contribution in [0.4, 0.5) is 8.78 Å². The van der Waals surface area contributed by atoms with Gasteiger partial charge in [-0.05, 0) is 80.6 Å². The van der Waals surface area contributed by atoms with Gasteiger partial charge in [-0.1, -0.05) is 23.9 Å². The van der Waals surface area contributed by atoms with Crippen molar-refractivity contribution >= 4 is 11.8 Å². The van der Waals surface area contributed by atoms with Gasteiger partial charge in [-0.2, -0.15) is 0 Å². The first kappa shape index (κ1) is 21.8. The van der Waals surface area contributed by atoms with Gasteiger partial charge >= 0.3 is 0 Å². The molecule has 0 saturated heterocycles. The Bertz CT molecular complexity index is 1290. The van der Waals surface area contributed by atoms with Gasteiger partial charge in [-0.15, -0.1) is 0 Å². The van der Waals surface area contributed by atoms with Crippen LogP contribution >= 0.6 is 11.8 Å². The molecule has 0 fully saturated rings. The molecule has 0 amide bonds. The molecule has 2 aromatic heterocycles. The zero-order chi connectivity index (χ0) is 23.0. The van der Waals surface area contributed by atoms with E-state index in [1.807, 2.05) is 12.1 Å². The van der Waals surface area contributed by atoms with Crippen LogP contribution in [0.3, 0.4) is 0 Å². The van der Waals surface area contributed by atoms with Crippen LogP contribution in [0.2, 0.25) is 0 Å². The summed E-state index contributed by atoms with van der Waals surface area (Å²) in [7, 11) is 0. The largest absolute Gasteiger partial charge is 0.291 e. The van der Waals surface area contributed by atoms with Crippen molar-refractivity contribution in [2.75, 3.05) is 0 Å². The Hall–Kier alpha value is -3.06. The van der Waals surface area contributed by atoms with Crippen molar-refractivity contribution in [1.82, 2.24) is 19.5 Å². The minimum Gasteiger partial charge on any atom is -0.291 e. The Labute approximate surface area is 196 Å². The molecule has 0 spiro atoms. The van der Waals surface area contributed by atoms with E-state index in [9.17, 15) is 8.78 Å². The van der Waals surface area contributed by atoms with Crippen LogP contribution in [0.1, 0.15) is 48.1 Å². The Morgan fingerprint density at radius 2 is 1.82 bits per heavy atom. The van der Waals surface area contributed by atoms with E-state index in [2.05, 4.69) is 21.5 Å². The minimum atomic E-state index is -0.352. The van der Waals surface area contributed by atoms with E-state index in [-0.39, 0.29) is 17.0 Å². The predicted molar refractivity (Wildman–Crippen MR) is 126 cm³/mol. The van der Waals surface area contributed by atoms with Gasteiger partial charge < -0.3 is 0 Å². The van der Waals surface area contributed by atoms with Crippen LogP contribution in [-0.4, -0.2) is 19.5 Å². The number of aryl methyl sites for hydroxylation is 2.